The maximum atomic E-state index is 13.0. The summed E-state index contributed by atoms with van der Waals surface area (Å²) >= 11 is 0. The summed E-state index contributed by atoms with van der Waals surface area (Å²) < 4.78 is 21.3. The number of carbonyl (C=O) groups is 2. The van der Waals surface area contributed by atoms with Crippen molar-refractivity contribution in [2.24, 2.45) is 5.92 Å². The Hall–Kier alpha value is -3.75. The summed E-state index contributed by atoms with van der Waals surface area (Å²) in [5.74, 6) is 2.58. The highest BCUT2D eigenvalue weighted by Crippen LogP contribution is 2.50. The van der Waals surface area contributed by atoms with Gasteiger partial charge in [0.05, 0.1) is 6.26 Å². The molecule has 32 heavy (non-hydrogen) atoms. The van der Waals surface area contributed by atoms with Crippen LogP contribution < -0.4 is 9.47 Å². The third kappa shape index (κ3) is 3.30. The van der Waals surface area contributed by atoms with E-state index in [4.69, 9.17) is 18.4 Å². The summed E-state index contributed by atoms with van der Waals surface area (Å²) in [6.45, 7) is 2.20. The first-order valence-corrected chi connectivity index (χ1v) is 10.7. The number of hydrogen-bond acceptors (Lipinski definition) is 7. The van der Waals surface area contributed by atoms with Gasteiger partial charge in [-0.2, -0.15) is 0 Å². The van der Waals surface area contributed by atoms with Gasteiger partial charge in [0.1, 0.15) is 0 Å². The molecule has 2 unspecified atom stereocenters. The molecule has 9 heteroatoms. The van der Waals surface area contributed by atoms with Crippen molar-refractivity contribution in [2.45, 2.75) is 12.3 Å². The van der Waals surface area contributed by atoms with Gasteiger partial charge in [-0.1, -0.05) is 11.2 Å². The number of fused-ring (bicyclic) bond motifs is 1. The Labute approximate surface area is 183 Å². The Morgan fingerprint density at radius 1 is 0.938 bits per heavy atom. The summed E-state index contributed by atoms with van der Waals surface area (Å²) in [6.07, 6.45) is 2.37. The van der Waals surface area contributed by atoms with E-state index in [1.54, 1.807) is 23.1 Å². The molecular weight excluding hydrogens is 414 g/mol. The van der Waals surface area contributed by atoms with Crippen LogP contribution in [0.5, 0.6) is 11.5 Å². The molecule has 164 valence electrons. The molecule has 2 aromatic heterocycles. The van der Waals surface area contributed by atoms with Gasteiger partial charge in [0, 0.05) is 38.2 Å². The molecule has 1 aliphatic carbocycles. The van der Waals surface area contributed by atoms with E-state index in [9.17, 15) is 9.59 Å². The van der Waals surface area contributed by atoms with E-state index in [1.807, 2.05) is 23.1 Å². The number of carbonyl (C=O) groups excluding carboxylic acids is 2. The van der Waals surface area contributed by atoms with Crippen molar-refractivity contribution in [1.82, 2.24) is 15.0 Å². The Kier molecular flexibility index (Phi) is 4.41. The van der Waals surface area contributed by atoms with Gasteiger partial charge in [-0.25, -0.2) is 0 Å². The molecule has 2 atom stereocenters. The molecule has 3 aliphatic rings. The van der Waals surface area contributed by atoms with E-state index in [0.717, 1.165) is 23.5 Å². The van der Waals surface area contributed by atoms with Gasteiger partial charge in [0.25, 0.3) is 5.91 Å². The third-order valence-electron chi connectivity index (χ3n) is 6.30. The van der Waals surface area contributed by atoms with Gasteiger partial charge in [-0.05, 0) is 42.2 Å². The van der Waals surface area contributed by atoms with Crippen LogP contribution in [-0.2, 0) is 4.79 Å². The van der Waals surface area contributed by atoms with Gasteiger partial charge in [0.15, 0.2) is 23.0 Å². The fourth-order valence-corrected chi connectivity index (χ4v) is 4.42. The Morgan fingerprint density at radius 3 is 2.56 bits per heavy atom. The molecule has 0 spiro atoms. The highest BCUT2D eigenvalue weighted by atomic mass is 16.7. The Morgan fingerprint density at radius 2 is 1.75 bits per heavy atom. The molecule has 4 heterocycles. The van der Waals surface area contributed by atoms with Crippen molar-refractivity contribution in [2.75, 3.05) is 33.0 Å². The van der Waals surface area contributed by atoms with Crippen molar-refractivity contribution < 1.29 is 28.0 Å². The lowest BCUT2D eigenvalue weighted by Crippen LogP contribution is -2.51. The van der Waals surface area contributed by atoms with Crippen LogP contribution in [0.25, 0.3) is 11.5 Å². The van der Waals surface area contributed by atoms with Crippen molar-refractivity contribution in [3.8, 4) is 23.0 Å². The minimum absolute atomic E-state index is 0.0102. The lowest BCUT2D eigenvalue weighted by Gasteiger charge is -2.34. The van der Waals surface area contributed by atoms with Crippen LogP contribution in [0.3, 0.4) is 0 Å². The normalized spacial score (nSPS) is 21.6. The predicted octanol–water partition coefficient (Wildman–Crippen LogP) is 2.75. The molecule has 0 N–H and O–H groups in total. The molecule has 0 bridgehead atoms. The number of furan rings is 1. The van der Waals surface area contributed by atoms with Gasteiger partial charge >= 0.3 is 0 Å². The standard InChI is InChI=1S/C23H21N3O6/c27-22(16-11-15(16)14-3-4-19-20(10-14)31-13-30-19)25-5-7-26(8-6-25)23(28)17-12-21(32-24-17)18-2-1-9-29-18/h1-4,9-10,12,15-16H,5-8,11,13H2. The molecular formula is C23H21N3O6. The third-order valence-corrected chi connectivity index (χ3v) is 6.30. The van der Waals surface area contributed by atoms with Crippen LogP contribution in [0.1, 0.15) is 28.4 Å². The molecule has 9 nitrogen and oxygen atoms in total. The predicted molar refractivity (Wildman–Crippen MR) is 110 cm³/mol. The molecule has 2 amide bonds. The molecule has 2 fully saturated rings. The van der Waals surface area contributed by atoms with Crippen LogP contribution in [0, 0.1) is 5.92 Å². The van der Waals surface area contributed by atoms with E-state index < -0.39 is 0 Å². The lowest BCUT2D eigenvalue weighted by atomic mass is 10.1. The second-order valence-electron chi connectivity index (χ2n) is 8.23. The summed E-state index contributed by atoms with van der Waals surface area (Å²) in [5.41, 5.74) is 1.35. The van der Waals surface area contributed by atoms with Crippen LogP contribution in [0.2, 0.25) is 0 Å². The van der Waals surface area contributed by atoms with Crippen LogP contribution in [0.4, 0.5) is 0 Å². The number of nitrogens with zero attached hydrogens (tertiary/aromatic N) is 3. The fourth-order valence-electron chi connectivity index (χ4n) is 4.42. The van der Waals surface area contributed by atoms with Crippen molar-refractivity contribution in [3.05, 3.63) is 53.9 Å². The average molecular weight is 435 g/mol. The number of amides is 2. The van der Waals surface area contributed by atoms with Gasteiger partial charge in [-0.15, -0.1) is 0 Å². The first kappa shape index (κ1) is 19.0. The van der Waals surface area contributed by atoms with Crippen molar-refractivity contribution in [3.63, 3.8) is 0 Å². The van der Waals surface area contributed by atoms with Gasteiger partial charge in [-0.3, -0.25) is 9.59 Å². The van der Waals surface area contributed by atoms with Crippen molar-refractivity contribution in [1.29, 1.82) is 0 Å². The largest absolute Gasteiger partial charge is 0.461 e. The smallest absolute Gasteiger partial charge is 0.276 e. The van der Waals surface area contributed by atoms with Gasteiger partial charge < -0.3 is 28.2 Å². The summed E-state index contributed by atoms with van der Waals surface area (Å²) in [5, 5.41) is 3.88. The number of benzene rings is 1. The highest BCUT2D eigenvalue weighted by molar-refractivity contribution is 5.93. The number of aromatic nitrogens is 1. The van der Waals surface area contributed by atoms with Crippen LogP contribution >= 0.6 is 0 Å². The second-order valence-corrected chi connectivity index (χ2v) is 8.23. The molecule has 1 aromatic carbocycles. The molecule has 2 aliphatic heterocycles. The molecule has 1 saturated carbocycles. The number of piperazine rings is 1. The number of rotatable bonds is 4. The topological polar surface area (TPSA) is 98.3 Å². The lowest BCUT2D eigenvalue weighted by molar-refractivity contribution is -0.134. The van der Waals surface area contributed by atoms with E-state index >= 15 is 0 Å². The van der Waals surface area contributed by atoms with Gasteiger partial charge in [0.2, 0.25) is 18.5 Å². The summed E-state index contributed by atoms with van der Waals surface area (Å²) in [6, 6.07) is 11.0. The van der Waals surface area contributed by atoms with E-state index in [1.165, 1.54) is 6.26 Å². The zero-order valence-electron chi connectivity index (χ0n) is 17.2. The molecule has 6 rings (SSSR count). The minimum Gasteiger partial charge on any atom is -0.461 e. The molecule has 0 radical (unpaired) electrons. The van der Waals surface area contributed by atoms with E-state index in [0.29, 0.717) is 37.7 Å². The first-order valence-electron chi connectivity index (χ1n) is 10.7. The maximum Gasteiger partial charge on any atom is 0.276 e. The molecule has 1 saturated heterocycles. The minimum atomic E-state index is -0.205. The van der Waals surface area contributed by atoms with Crippen LogP contribution in [0.15, 0.2) is 51.6 Å². The fraction of sp³-hybridized carbons (Fsp3) is 0.348. The quantitative estimate of drug-likeness (QED) is 0.621. The second kappa shape index (κ2) is 7.44. The summed E-state index contributed by atoms with van der Waals surface area (Å²) in [7, 11) is 0. The average Bonchev–Trinajstić information content (AvgIpc) is 3.25. The molecule has 3 aromatic rings. The van der Waals surface area contributed by atoms with Crippen molar-refractivity contribution >= 4 is 11.8 Å². The Bertz CT molecular complexity index is 1160. The number of ether oxygens (including phenoxy) is 2. The monoisotopic (exact) mass is 435 g/mol. The summed E-state index contributed by atoms with van der Waals surface area (Å²) in [4.78, 5) is 29.3. The zero-order valence-corrected chi connectivity index (χ0v) is 17.2. The number of hydrogen-bond donors (Lipinski definition) is 0. The SMILES string of the molecule is O=C(c1cc(-c2ccco2)on1)N1CCN(C(=O)C2CC2c2ccc3c(c2)OCO3)CC1. The first-order chi connectivity index (χ1) is 15.7. The van der Waals surface area contributed by atoms with E-state index in [-0.39, 0.29) is 36.1 Å². The Balaban J connectivity index is 1.05. The zero-order chi connectivity index (χ0) is 21.7. The highest BCUT2D eigenvalue weighted by Gasteiger charge is 2.46. The van der Waals surface area contributed by atoms with E-state index in [2.05, 4.69) is 5.16 Å². The maximum absolute atomic E-state index is 13.0. The van der Waals surface area contributed by atoms with Crippen LogP contribution in [-0.4, -0.2) is 59.7 Å².